The zero-order valence-electron chi connectivity index (χ0n) is 23.5. The molecule has 0 aromatic rings. The third-order valence-corrected chi connectivity index (χ3v) is 7.99. The number of likely N-dealkylation sites (tertiary alicyclic amines) is 1. The van der Waals surface area contributed by atoms with Gasteiger partial charge in [-0.15, -0.1) is 0 Å². The van der Waals surface area contributed by atoms with E-state index in [1.54, 1.807) is 27.7 Å². The summed E-state index contributed by atoms with van der Waals surface area (Å²) in [5.41, 5.74) is 4.44. The number of nitrogens with two attached hydrogens (primary N) is 1. The number of Topliss-reactive ketones (excluding diaryl/α,β-unsaturated/α-hetero) is 1. The normalized spacial score (nSPS) is 25.1. The Hall–Kier alpha value is -3.44. The summed E-state index contributed by atoms with van der Waals surface area (Å²) in [5, 5.41) is 8.01. The van der Waals surface area contributed by atoms with Gasteiger partial charge in [0, 0.05) is 18.2 Å². The van der Waals surface area contributed by atoms with E-state index >= 15 is 0 Å². The highest BCUT2D eigenvalue weighted by atomic mass is 16.5. The first kappa shape index (κ1) is 30.1. The fraction of sp³-hybridized carbons (Fsp3) is 0.704. The smallest absolute Gasteiger partial charge is 0.330 e. The Kier molecular flexibility index (Phi) is 8.76. The summed E-state index contributed by atoms with van der Waals surface area (Å²) in [7, 11) is 0. The lowest BCUT2D eigenvalue weighted by atomic mass is 9.78. The van der Waals surface area contributed by atoms with Crippen LogP contribution in [0.4, 0.5) is 4.79 Å². The highest BCUT2D eigenvalue weighted by Crippen LogP contribution is 2.64. The van der Waals surface area contributed by atoms with Crippen molar-refractivity contribution >= 4 is 35.5 Å². The molecule has 0 radical (unpaired) electrons. The second-order valence-electron chi connectivity index (χ2n) is 12.3. The Morgan fingerprint density at radius 3 is 2.26 bits per heavy atom. The fourth-order valence-electron chi connectivity index (χ4n) is 5.64. The maximum absolute atomic E-state index is 13.8. The lowest BCUT2D eigenvalue weighted by Crippen LogP contribution is -2.61. The quantitative estimate of drug-likeness (QED) is 0.174. The number of esters is 1. The minimum Gasteiger partial charge on any atom is -0.460 e. The van der Waals surface area contributed by atoms with Crippen molar-refractivity contribution < 1.29 is 33.5 Å². The molecule has 0 spiro atoms. The van der Waals surface area contributed by atoms with Crippen LogP contribution in [0.1, 0.15) is 60.8 Å². The van der Waals surface area contributed by atoms with Crippen molar-refractivity contribution in [3.63, 3.8) is 0 Å². The Bertz CT molecular complexity index is 1060. The van der Waals surface area contributed by atoms with Gasteiger partial charge in [-0.25, -0.2) is 9.59 Å². The van der Waals surface area contributed by atoms with Gasteiger partial charge in [-0.2, -0.15) is 0 Å². The molecule has 0 aromatic heterocycles. The monoisotopic (exact) mass is 547 g/mol. The number of nitrogens with zero attached hydrogens (tertiary/aromatic N) is 1. The average molecular weight is 548 g/mol. The van der Waals surface area contributed by atoms with Gasteiger partial charge >= 0.3 is 12.0 Å². The molecule has 2 aliphatic carbocycles. The molecule has 4 unspecified atom stereocenters. The molecule has 3 aliphatic rings. The van der Waals surface area contributed by atoms with Gasteiger partial charge in [-0.3, -0.25) is 19.2 Å². The Morgan fingerprint density at radius 2 is 1.74 bits per heavy atom. The zero-order chi connectivity index (χ0) is 29.3. The minimum absolute atomic E-state index is 0.0285. The SMILES string of the molecule is C/C=C/C(=O)OC[C@H](NC(=O)NC(C)(C)C)C(=O)N1CC2C(C1C(=O)NC(C(=O)C(N)=O)C1CCC1)C2(C)C. The molecule has 0 aromatic carbocycles. The molecular weight excluding hydrogens is 506 g/mol. The summed E-state index contributed by atoms with van der Waals surface area (Å²) in [6.45, 7) is 10.8. The van der Waals surface area contributed by atoms with Gasteiger partial charge in [-0.05, 0) is 63.7 Å². The standard InChI is InChI=1S/C27H41N5O7/c1-7-9-17(33)39-13-16(29-25(38)31-26(2,3)4)24(37)32-12-15-18(27(15,5)6)20(32)23(36)30-19(14-10-8-11-14)21(34)22(28)35/h7,9,14-16,18-20H,8,10-13H2,1-6H3,(H2,28,35)(H,30,36)(H2,29,31,38)/b9-7+/t15?,16-,18?,19?,20?/m0/s1. The molecule has 3 rings (SSSR count). The predicted octanol–water partition coefficient (Wildman–Crippen LogP) is 0.394. The minimum atomic E-state index is -1.26. The second-order valence-corrected chi connectivity index (χ2v) is 12.3. The van der Waals surface area contributed by atoms with Gasteiger partial charge in [-0.1, -0.05) is 26.3 Å². The molecule has 0 bridgehead atoms. The van der Waals surface area contributed by atoms with E-state index in [1.165, 1.54) is 17.1 Å². The van der Waals surface area contributed by atoms with Crippen LogP contribution < -0.4 is 21.7 Å². The number of fused-ring (bicyclic) bond motifs is 1. The van der Waals surface area contributed by atoms with Crippen LogP contribution in [0.25, 0.3) is 0 Å². The highest BCUT2D eigenvalue weighted by Gasteiger charge is 2.69. The summed E-state index contributed by atoms with van der Waals surface area (Å²) in [6, 6.07) is -3.87. The second kappa shape index (κ2) is 11.4. The van der Waals surface area contributed by atoms with E-state index < -0.39 is 65.8 Å². The number of amides is 5. The summed E-state index contributed by atoms with van der Waals surface area (Å²) in [5.74, 6) is -4.13. The third kappa shape index (κ3) is 6.77. The first-order valence-electron chi connectivity index (χ1n) is 13.4. The summed E-state index contributed by atoms with van der Waals surface area (Å²) in [4.78, 5) is 77.6. The van der Waals surface area contributed by atoms with E-state index in [2.05, 4.69) is 16.0 Å². The molecule has 12 nitrogen and oxygen atoms in total. The largest absolute Gasteiger partial charge is 0.460 e. The Morgan fingerprint density at radius 1 is 1.10 bits per heavy atom. The number of ether oxygens (including phenoxy) is 1. The third-order valence-electron chi connectivity index (χ3n) is 7.99. The van der Waals surface area contributed by atoms with Gasteiger partial charge in [0.25, 0.3) is 5.91 Å². The predicted molar refractivity (Wildman–Crippen MR) is 141 cm³/mol. The summed E-state index contributed by atoms with van der Waals surface area (Å²) >= 11 is 0. The molecule has 2 saturated carbocycles. The number of urea groups is 1. The maximum atomic E-state index is 13.8. The van der Waals surface area contributed by atoms with Crippen LogP contribution in [0.5, 0.6) is 0 Å². The van der Waals surface area contributed by atoms with E-state index in [0.717, 1.165) is 6.42 Å². The topological polar surface area (TPSA) is 177 Å². The van der Waals surface area contributed by atoms with Gasteiger partial charge in [0.2, 0.25) is 17.6 Å². The first-order chi connectivity index (χ1) is 18.1. The van der Waals surface area contributed by atoms with Crippen molar-refractivity contribution in [1.82, 2.24) is 20.9 Å². The zero-order valence-corrected chi connectivity index (χ0v) is 23.5. The molecular formula is C27H41N5O7. The summed E-state index contributed by atoms with van der Waals surface area (Å²) in [6.07, 6.45) is 4.92. The molecule has 5 N–H and O–H groups in total. The number of nitrogens with one attached hydrogen (secondary N) is 3. The molecule has 5 atom stereocenters. The molecule has 12 heteroatoms. The van der Waals surface area contributed by atoms with Crippen LogP contribution >= 0.6 is 0 Å². The van der Waals surface area contributed by atoms with Gasteiger partial charge in [0.15, 0.2) is 0 Å². The van der Waals surface area contributed by atoms with Crippen molar-refractivity contribution in [2.45, 2.75) is 84.5 Å². The van der Waals surface area contributed by atoms with Gasteiger partial charge in [0.05, 0.1) is 0 Å². The van der Waals surface area contributed by atoms with Crippen LogP contribution in [0, 0.1) is 23.2 Å². The van der Waals surface area contributed by atoms with Gasteiger partial charge in [0.1, 0.15) is 24.7 Å². The first-order valence-corrected chi connectivity index (χ1v) is 13.4. The van der Waals surface area contributed by atoms with Crippen LogP contribution in [-0.2, 0) is 28.7 Å². The van der Waals surface area contributed by atoms with Crippen molar-refractivity contribution in [2.24, 2.45) is 28.9 Å². The Balaban J connectivity index is 1.83. The number of ketones is 1. The molecule has 216 valence electrons. The molecule has 39 heavy (non-hydrogen) atoms. The highest BCUT2D eigenvalue weighted by molar-refractivity contribution is 6.38. The van der Waals surface area contributed by atoms with E-state index in [0.29, 0.717) is 12.8 Å². The van der Waals surface area contributed by atoms with E-state index in [9.17, 15) is 28.8 Å². The number of rotatable bonds is 10. The van der Waals surface area contributed by atoms with Crippen LogP contribution in [-0.4, -0.2) is 77.2 Å². The molecule has 1 saturated heterocycles. The van der Waals surface area contributed by atoms with Gasteiger partial charge < -0.3 is 31.3 Å². The number of allylic oxidation sites excluding steroid dienone is 1. The average Bonchev–Trinajstić information content (AvgIpc) is 3.12. The molecule has 1 aliphatic heterocycles. The molecule has 5 amide bonds. The number of carbonyl (C=O) groups is 6. The summed E-state index contributed by atoms with van der Waals surface area (Å²) < 4.78 is 5.19. The van der Waals surface area contributed by atoms with E-state index in [-0.39, 0.29) is 29.7 Å². The van der Waals surface area contributed by atoms with Crippen molar-refractivity contribution in [2.75, 3.05) is 13.2 Å². The number of hydrogen-bond acceptors (Lipinski definition) is 7. The van der Waals surface area contributed by atoms with Crippen molar-refractivity contribution in [3.8, 4) is 0 Å². The number of hydrogen-bond donors (Lipinski definition) is 4. The maximum Gasteiger partial charge on any atom is 0.330 e. The number of primary amides is 1. The number of carbonyl (C=O) groups excluding carboxylic acids is 6. The lowest BCUT2D eigenvalue weighted by Gasteiger charge is -2.36. The molecule has 3 fully saturated rings. The van der Waals surface area contributed by atoms with E-state index in [4.69, 9.17) is 10.5 Å². The Labute approximate surface area is 228 Å². The van der Waals surface area contributed by atoms with E-state index in [1.807, 2.05) is 13.8 Å². The van der Waals surface area contributed by atoms with Crippen LogP contribution in [0.15, 0.2) is 12.2 Å². The lowest BCUT2D eigenvalue weighted by molar-refractivity contribution is -0.147. The van der Waals surface area contributed by atoms with Crippen molar-refractivity contribution in [3.05, 3.63) is 12.2 Å². The van der Waals surface area contributed by atoms with Crippen LogP contribution in [0.2, 0.25) is 0 Å². The number of piperidine rings is 1. The van der Waals surface area contributed by atoms with Crippen LogP contribution in [0.3, 0.4) is 0 Å². The fourth-order valence-corrected chi connectivity index (χ4v) is 5.64. The molecule has 1 heterocycles. The van der Waals surface area contributed by atoms with Crippen molar-refractivity contribution in [1.29, 1.82) is 0 Å².